The smallest absolute Gasteiger partial charge is 0.267 e. The monoisotopic (exact) mass is 444 g/mol. The van der Waals surface area contributed by atoms with E-state index in [2.05, 4.69) is 10.6 Å². The Morgan fingerprint density at radius 2 is 1.87 bits per heavy atom. The van der Waals surface area contributed by atoms with Crippen LogP contribution in [0.2, 0.25) is 5.02 Å². The molecule has 7 nitrogen and oxygen atoms in total. The van der Waals surface area contributed by atoms with Crippen molar-refractivity contribution in [3.63, 3.8) is 0 Å². The van der Waals surface area contributed by atoms with Gasteiger partial charge in [-0.05, 0) is 60.9 Å². The van der Waals surface area contributed by atoms with Gasteiger partial charge in [-0.25, -0.2) is 0 Å². The predicted molar refractivity (Wildman–Crippen MR) is 118 cm³/mol. The summed E-state index contributed by atoms with van der Waals surface area (Å²) in [7, 11) is 3.08. The highest BCUT2D eigenvalue weighted by molar-refractivity contribution is 6.30. The molecule has 1 atom stereocenters. The number of carbonyl (C=O) groups excluding carboxylic acids is 2. The summed E-state index contributed by atoms with van der Waals surface area (Å²) >= 11 is 5.90. The van der Waals surface area contributed by atoms with Crippen molar-refractivity contribution in [3.05, 3.63) is 64.3 Å². The maximum atomic E-state index is 12.9. The van der Waals surface area contributed by atoms with Gasteiger partial charge in [0.15, 0.2) is 11.5 Å². The molecule has 8 heteroatoms. The highest BCUT2D eigenvalue weighted by Crippen LogP contribution is 2.28. The summed E-state index contributed by atoms with van der Waals surface area (Å²) in [4.78, 5) is 25.6. The molecule has 0 saturated carbocycles. The van der Waals surface area contributed by atoms with Gasteiger partial charge in [-0.2, -0.15) is 0 Å². The summed E-state index contributed by atoms with van der Waals surface area (Å²) in [6.45, 7) is 1.07. The number of carbonyl (C=O) groups is 2. The molecule has 1 saturated heterocycles. The average Bonchev–Trinajstić information content (AvgIpc) is 3.31. The molecular formula is C23H25ClN2O5. The van der Waals surface area contributed by atoms with Gasteiger partial charge < -0.3 is 24.8 Å². The zero-order chi connectivity index (χ0) is 22.2. The third kappa shape index (κ3) is 6.23. The molecule has 1 fully saturated rings. The standard InChI is InChI=1S/C23H25ClN2O5/c1-29-20-10-5-15(13-21(20)30-2)12-19(23(28)25-14-18-4-3-11-31-18)26-22(27)16-6-8-17(24)9-7-16/h5-10,12-13,18H,3-4,11,14H2,1-2H3,(H,25,28)(H,26,27)/b19-12-/t18-/m0/s1. The number of halogens is 1. The molecule has 0 aromatic heterocycles. The molecule has 2 aromatic carbocycles. The molecule has 1 aliphatic rings. The van der Waals surface area contributed by atoms with E-state index < -0.39 is 11.8 Å². The molecule has 164 valence electrons. The fourth-order valence-electron chi connectivity index (χ4n) is 3.17. The van der Waals surface area contributed by atoms with Crippen molar-refractivity contribution < 1.29 is 23.8 Å². The molecule has 2 N–H and O–H groups in total. The highest BCUT2D eigenvalue weighted by Gasteiger charge is 2.19. The van der Waals surface area contributed by atoms with Crippen molar-refractivity contribution in [1.82, 2.24) is 10.6 Å². The van der Waals surface area contributed by atoms with Crippen LogP contribution in [-0.2, 0) is 9.53 Å². The van der Waals surface area contributed by atoms with Crippen LogP contribution in [-0.4, -0.2) is 45.3 Å². The normalized spacial score (nSPS) is 16.0. The second kappa shape index (κ2) is 10.8. The number of benzene rings is 2. The van der Waals surface area contributed by atoms with Gasteiger partial charge in [0.05, 0.1) is 20.3 Å². The fourth-order valence-corrected chi connectivity index (χ4v) is 3.30. The first-order valence-electron chi connectivity index (χ1n) is 9.90. The molecule has 0 aliphatic carbocycles. The third-order valence-electron chi connectivity index (χ3n) is 4.83. The molecule has 2 amide bonds. The third-order valence-corrected chi connectivity index (χ3v) is 5.08. The Morgan fingerprint density at radius 3 is 2.52 bits per heavy atom. The largest absolute Gasteiger partial charge is 0.493 e. The molecule has 0 bridgehead atoms. The predicted octanol–water partition coefficient (Wildman–Crippen LogP) is 3.42. The van der Waals surface area contributed by atoms with Crippen LogP contribution in [0.3, 0.4) is 0 Å². The summed E-state index contributed by atoms with van der Waals surface area (Å²) in [5.74, 6) is 0.247. The Balaban J connectivity index is 1.83. The van der Waals surface area contributed by atoms with Crippen molar-refractivity contribution in [2.24, 2.45) is 0 Å². The summed E-state index contributed by atoms with van der Waals surface area (Å²) in [5, 5.41) is 6.06. The number of hydrogen-bond acceptors (Lipinski definition) is 5. The van der Waals surface area contributed by atoms with E-state index in [-0.39, 0.29) is 11.8 Å². The van der Waals surface area contributed by atoms with Gasteiger partial charge >= 0.3 is 0 Å². The topological polar surface area (TPSA) is 85.9 Å². The molecule has 0 radical (unpaired) electrons. The summed E-state index contributed by atoms with van der Waals surface area (Å²) < 4.78 is 16.1. The van der Waals surface area contributed by atoms with Crippen molar-refractivity contribution in [2.75, 3.05) is 27.4 Å². The van der Waals surface area contributed by atoms with Crippen LogP contribution in [0.4, 0.5) is 0 Å². The van der Waals surface area contributed by atoms with E-state index in [1.165, 1.54) is 7.11 Å². The molecule has 1 heterocycles. The van der Waals surface area contributed by atoms with Crippen molar-refractivity contribution in [2.45, 2.75) is 18.9 Å². The number of rotatable bonds is 8. The number of amides is 2. The van der Waals surface area contributed by atoms with Gasteiger partial charge in [-0.3, -0.25) is 9.59 Å². The van der Waals surface area contributed by atoms with Crippen LogP contribution in [0.25, 0.3) is 6.08 Å². The van der Waals surface area contributed by atoms with Crippen LogP contribution in [0.1, 0.15) is 28.8 Å². The SMILES string of the molecule is COc1ccc(/C=C(\NC(=O)c2ccc(Cl)cc2)C(=O)NC[C@@H]2CCCO2)cc1OC. The van der Waals surface area contributed by atoms with Crippen molar-refractivity contribution >= 4 is 29.5 Å². The maximum absolute atomic E-state index is 12.9. The summed E-state index contributed by atoms with van der Waals surface area (Å²) in [6.07, 6.45) is 3.44. The number of ether oxygens (including phenoxy) is 3. The van der Waals surface area contributed by atoms with E-state index in [1.54, 1.807) is 55.7 Å². The Morgan fingerprint density at radius 1 is 1.13 bits per heavy atom. The lowest BCUT2D eigenvalue weighted by Crippen LogP contribution is -2.38. The van der Waals surface area contributed by atoms with Gasteiger partial charge in [0, 0.05) is 23.7 Å². The maximum Gasteiger partial charge on any atom is 0.267 e. The second-order valence-corrected chi connectivity index (χ2v) is 7.41. The molecule has 0 spiro atoms. The van der Waals surface area contributed by atoms with Crippen LogP contribution in [0.15, 0.2) is 48.2 Å². The quantitative estimate of drug-likeness (QED) is 0.609. The van der Waals surface area contributed by atoms with Gasteiger partial charge in [0.1, 0.15) is 5.70 Å². The van der Waals surface area contributed by atoms with E-state index in [4.69, 9.17) is 25.8 Å². The summed E-state index contributed by atoms with van der Waals surface area (Å²) in [6, 6.07) is 11.6. The molecular weight excluding hydrogens is 420 g/mol. The first-order chi connectivity index (χ1) is 15.0. The number of nitrogens with one attached hydrogen (secondary N) is 2. The molecule has 0 unspecified atom stereocenters. The van der Waals surface area contributed by atoms with Gasteiger partial charge in [-0.1, -0.05) is 17.7 Å². The Kier molecular flexibility index (Phi) is 7.92. The van der Waals surface area contributed by atoms with Gasteiger partial charge in [0.2, 0.25) is 0 Å². The van der Waals surface area contributed by atoms with E-state index in [1.807, 2.05) is 0 Å². The lowest BCUT2D eigenvalue weighted by molar-refractivity contribution is -0.118. The zero-order valence-corrected chi connectivity index (χ0v) is 18.2. The van der Waals surface area contributed by atoms with E-state index >= 15 is 0 Å². The Bertz CT molecular complexity index is 953. The fraction of sp³-hybridized carbons (Fsp3) is 0.304. The average molecular weight is 445 g/mol. The van der Waals surface area contributed by atoms with Gasteiger partial charge in [-0.15, -0.1) is 0 Å². The lowest BCUT2D eigenvalue weighted by Gasteiger charge is -2.14. The van der Waals surface area contributed by atoms with Crippen LogP contribution in [0.5, 0.6) is 11.5 Å². The minimum Gasteiger partial charge on any atom is -0.493 e. The minimum absolute atomic E-state index is 0.0155. The van der Waals surface area contributed by atoms with Gasteiger partial charge in [0.25, 0.3) is 11.8 Å². The zero-order valence-electron chi connectivity index (χ0n) is 17.4. The van der Waals surface area contributed by atoms with E-state index in [0.29, 0.717) is 40.8 Å². The molecule has 31 heavy (non-hydrogen) atoms. The van der Waals surface area contributed by atoms with Crippen molar-refractivity contribution in [1.29, 1.82) is 0 Å². The van der Waals surface area contributed by atoms with Crippen LogP contribution >= 0.6 is 11.6 Å². The van der Waals surface area contributed by atoms with Crippen LogP contribution < -0.4 is 20.1 Å². The first kappa shape index (κ1) is 22.7. The van der Waals surface area contributed by atoms with E-state index in [0.717, 1.165) is 12.8 Å². The molecule has 3 rings (SSSR count). The first-order valence-corrected chi connectivity index (χ1v) is 10.3. The number of methoxy groups -OCH3 is 2. The highest BCUT2D eigenvalue weighted by atomic mass is 35.5. The van der Waals surface area contributed by atoms with Crippen LogP contribution in [0, 0.1) is 0 Å². The van der Waals surface area contributed by atoms with E-state index in [9.17, 15) is 9.59 Å². The Hall–Kier alpha value is -3.03. The minimum atomic E-state index is -0.421. The summed E-state index contributed by atoms with van der Waals surface area (Å²) in [5.41, 5.74) is 1.15. The second-order valence-electron chi connectivity index (χ2n) is 6.98. The molecule has 2 aromatic rings. The molecule has 1 aliphatic heterocycles. The lowest BCUT2D eigenvalue weighted by atomic mass is 10.1. The number of hydrogen-bond donors (Lipinski definition) is 2. The van der Waals surface area contributed by atoms with Crippen molar-refractivity contribution in [3.8, 4) is 11.5 Å². The Labute approximate surface area is 186 Å².